The molecule has 2 heterocycles. The maximum atomic E-state index is 13.2. The average molecular weight is 471 g/mol. The lowest BCUT2D eigenvalue weighted by Gasteiger charge is -2.42. The minimum Gasteiger partial charge on any atom is -0.386 e. The predicted molar refractivity (Wildman–Crippen MR) is 131 cm³/mol. The van der Waals surface area contributed by atoms with Crippen molar-refractivity contribution < 1.29 is 13.5 Å². The highest BCUT2D eigenvalue weighted by Gasteiger charge is 2.35. The van der Waals surface area contributed by atoms with Crippen molar-refractivity contribution in [2.24, 2.45) is 0 Å². The summed E-state index contributed by atoms with van der Waals surface area (Å²) in [4.78, 5) is 2.30. The fraction of sp³-hybridized carbons (Fsp3) is 0.360. The van der Waals surface area contributed by atoms with Crippen molar-refractivity contribution in [3.05, 3.63) is 82.7 Å². The lowest BCUT2D eigenvalue weighted by atomic mass is 9.97. The van der Waals surface area contributed by atoms with Crippen molar-refractivity contribution in [2.75, 3.05) is 24.5 Å². The predicted octanol–water partition coefficient (Wildman–Crippen LogP) is 4.41. The third-order valence-corrected chi connectivity index (χ3v) is 9.23. The zero-order valence-corrected chi connectivity index (χ0v) is 20.4. The normalized spacial score (nSPS) is 18.1. The molecule has 0 aliphatic carbocycles. The number of sulfonamides is 1. The van der Waals surface area contributed by atoms with Gasteiger partial charge in [0, 0.05) is 31.4 Å². The fourth-order valence-corrected chi connectivity index (χ4v) is 6.88. The van der Waals surface area contributed by atoms with Crippen LogP contribution in [0.25, 0.3) is 0 Å². The summed E-state index contributed by atoms with van der Waals surface area (Å²) >= 11 is 1.26. The van der Waals surface area contributed by atoms with Gasteiger partial charge in [0.1, 0.15) is 4.21 Å². The summed E-state index contributed by atoms with van der Waals surface area (Å²) in [6.07, 6.45) is 0.755. The molecular weight excluding hydrogens is 440 g/mol. The Bertz CT molecular complexity index is 1150. The summed E-state index contributed by atoms with van der Waals surface area (Å²) in [6.45, 7) is 7.11. The second-order valence-electron chi connectivity index (χ2n) is 8.94. The molecule has 3 aromatic rings. The van der Waals surface area contributed by atoms with Gasteiger partial charge in [0.15, 0.2) is 0 Å². The van der Waals surface area contributed by atoms with Gasteiger partial charge in [-0.1, -0.05) is 48.0 Å². The number of aryl methyl sites for hydroxylation is 1. The summed E-state index contributed by atoms with van der Waals surface area (Å²) in [5.74, 6) is 0. The molecule has 7 heteroatoms. The first-order valence-corrected chi connectivity index (χ1v) is 13.2. The molecule has 2 aromatic carbocycles. The third kappa shape index (κ3) is 4.91. The Balaban J connectivity index is 1.63. The molecule has 5 nitrogen and oxygen atoms in total. The number of rotatable bonds is 6. The topological polar surface area (TPSA) is 60.9 Å². The Labute approximate surface area is 195 Å². The highest BCUT2D eigenvalue weighted by Crippen LogP contribution is 2.30. The van der Waals surface area contributed by atoms with Crippen LogP contribution in [0, 0.1) is 6.92 Å². The Morgan fingerprint density at radius 1 is 1.06 bits per heavy atom. The number of thiophene rings is 1. The molecule has 4 rings (SSSR count). The van der Waals surface area contributed by atoms with Gasteiger partial charge >= 0.3 is 0 Å². The Morgan fingerprint density at radius 3 is 2.44 bits per heavy atom. The van der Waals surface area contributed by atoms with Crippen LogP contribution in [0.15, 0.2) is 70.3 Å². The maximum Gasteiger partial charge on any atom is 0.252 e. The number of hydrogen-bond acceptors (Lipinski definition) is 5. The highest BCUT2D eigenvalue weighted by molar-refractivity contribution is 7.91. The second-order valence-corrected chi connectivity index (χ2v) is 12.1. The van der Waals surface area contributed by atoms with Crippen LogP contribution in [0.1, 0.15) is 30.5 Å². The van der Waals surface area contributed by atoms with E-state index in [0.717, 1.165) is 17.7 Å². The van der Waals surface area contributed by atoms with Gasteiger partial charge in [-0.25, -0.2) is 8.42 Å². The highest BCUT2D eigenvalue weighted by atomic mass is 32.2. The zero-order chi connectivity index (χ0) is 22.9. The van der Waals surface area contributed by atoms with E-state index in [1.165, 1.54) is 22.5 Å². The number of nitrogens with zero attached hydrogens (tertiary/aromatic N) is 2. The molecule has 1 aromatic heterocycles. The van der Waals surface area contributed by atoms with E-state index in [-0.39, 0.29) is 6.04 Å². The van der Waals surface area contributed by atoms with E-state index in [1.807, 2.05) is 24.3 Å². The first-order chi connectivity index (χ1) is 15.1. The van der Waals surface area contributed by atoms with Gasteiger partial charge in [0.05, 0.1) is 5.60 Å². The largest absolute Gasteiger partial charge is 0.386 e. The van der Waals surface area contributed by atoms with Crippen molar-refractivity contribution in [3.63, 3.8) is 0 Å². The Hall–Kier alpha value is -2.19. The molecule has 32 heavy (non-hydrogen) atoms. The smallest absolute Gasteiger partial charge is 0.252 e. The molecule has 1 atom stereocenters. The zero-order valence-electron chi connectivity index (χ0n) is 18.7. The molecule has 170 valence electrons. The summed E-state index contributed by atoms with van der Waals surface area (Å²) < 4.78 is 28.4. The van der Waals surface area contributed by atoms with E-state index in [4.69, 9.17) is 0 Å². The summed E-state index contributed by atoms with van der Waals surface area (Å²) in [6, 6.07) is 19.8. The number of hydrogen-bond donors (Lipinski definition) is 1. The lowest BCUT2D eigenvalue weighted by Crippen LogP contribution is -2.55. The monoisotopic (exact) mass is 470 g/mol. The molecule has 1 N–H and O–H groups in total. The van der Waals surface area contributed by atoms with E-state index >= 15 is 0 Å². The molecule has 1 saturated heterocycles. The van der Waals surface area contributed by atoms with Gasteiger partial charge < -0.3 is 10.0 Å². The van der Waals surface area contributed by atoms with Crippen LogP contribution in [-0.4, -0.2) is 43.5 Å². The van der Waals surface area contributed by atoms with Gasteiger partial charge in [0.2, 0.25) is 0 Å². The minimum absolute atomic E-state index is 0.00766. The Morgan fingerprint density at radius 2 is 1.81 bits per heavy atom. The van der Waals surface area contributed by atoms with Gasteiger partial charge in [-0.3, -0.25) is 0 Å². The molecule has 1 fully saturated rings. The second kappa shape index (κ2) is 8.98. The molecular formula is C25H30N2O3S2. The van der Waals surface area contributed by atoms with Gasteiger partial charge in [-0.15, -0.1) is 11.3 Å². The van der Waals surface area contributed by atoms with E-state index in [9.17, 15) is 13.5 Å². The van der Waals surface area contributed by atoms with Crippen molar-refractivity contribution in [1.82, 2.24) is 4.31 Å². The number of piperazine rings is 1. The first kappa shape index (κ1) is 23.0. The molecule has 1 aliphatic rings. The average Bonchev–Trinajstić information content (AvgIpc) is 3.29. The van der Waals surface area contributed by atoms with Crippen molar-refractivity contribution in [1.29, 1.82) is 0 Å². The van der Waals surface area contributed by atoms with Crippen molar-refractivity contribution in [2.45, 2.75) is 43.0 Å². The summed E-state index contributed by atoms with van der Waals surface area (Å²) in [5.41, 5.74) is 3.40. The van der Waals surface area contributed by atoms with Crippen LogP contribution < -0.4 is 4.90 Å². The van der Waals surface area contributed by atoms with Crippen LogP contribution in [0.3, 0.4) is 0 Å². The summed E-state index contributed by atoms with van der Waals surface area (Å²) in [5, 5.41) is 12.1. The third-order valence-electron chi connectivity index (χ3n) is 5.99. The SMILES string of the molecule is Cc1cccc(C[C@@H]2CN(S(=O)(=O)c3cccs3)CCN2c2ccc(C(C)(C)O)cc2)c1. The van der Waals surface area contributed by atoms with Gasteiger partial charge in [0.25, 0.3) is 10.0 Å². The quantitative estimate of drug-likeness (QED) is 0.580. The van der Waals surface area contributed by atoms with Crippen molar-refractivity contribution in [3.8, 4) is 0 Å². The van der Waals surface area contributed by atoms with Gasteiger partial charge in [-0.2, -0.15) is 4.31 Å². The van der Waals surface area contributed by atoms with Crippen LogP contribution in [0.5, 0.6) is 0 Å². The molecule has 0 spiro atoms. The van der Waals surface area contributed by atoms with Crippen LogP contribution in [0.4, 0.5) is 5.69 Å². The number of benzene rings is 2. The van der Waals surface area contributed by atoms with E-state index in [0.29, 0.717) is 23.8 Å². The molecule has 0 amide bonds. The van der Waals surface area contributed by atoms with Crippen LogP contribution >= 0.6 is 11.3 Å². The molecule has 0 bridgehead atoms. The first-order valence-electron chi connectivity index (χ1n) is 10.8. The van der Waals surface area contributed by atoms with Gasteiger partial charge in [-0.05, 0) is 61.9 Å². The number of aliphatic hydroxyl groups is 1. The Kier molecular flexibility index (Phi) is 6.45. The standard InChI is InChI=1S/C25H30N2O3S2/c1-19-6-4-7-20(16-19)17-23-18-26(32(29,30)24-8-5-15-31-24)13-14-27(23)22-11-9-21(10-12-22)25(2,3)28/h4-12,15-16,23,28H,13-14,17-18H2,1-3H3/t23-/m1/s1. The van der Waals surface area contributed by atoms with E-state index in [2.05, 4.69) is 36.1 Å². The van der Waals surface area contributed by atoms with E-state index in [1.54, 1.807) is 35.7 Å². The molecule has 0 radical (unpaired) electrons. The molecule has 0 unspecified atom stereocenters. The summed E-state index contributed by atoms with van der Waals surface area (Å²) in [7, 11) is -3.49. The van der Waals surface area contributed by atoms with E-state index < -0.39 is 15.6 Å². The molecule has 1 aliphatic heterocycles. The fourth-order valence-electron chi connectivity index (χ4n) is 4.27. The number of anilines is 1. The van der Waals surface area contributed by atoms with Crippen molar-refractivity contribution >= 4 is 27.0 Å². The van der Waals surface area contributed by atoms with Crippen LogP contribution in [-0.2, 0) is 22.0 Å². The molecule has 0 saturated carbocycles. The minimum atomic E-state index is -3.49. The maximum absolute atomic E-state index is 13.2. The lowest BCUT2D eigenvalue weighted by molar-refractivity contribution is 0.0786. The van der Waals surface area contributed by atoms with Crippen LogP contribution in [0.2, 0.25) is 0 Å².